The van der Waals surface area contributed by atoms with Crippen LogP contribution in [0.1, 0.15) is 144 Å². The zero-order valence-electron chi connectivity index (χ0n) is 40.6. The van der Waals surface area contributed by atoms with Gasteiger partial charge in [-0.3, -0.25) is 19.3 Å². The van der Waals surface area contributed by atoms with Crippen LogP contribution in [0.15, 0.2) is 30.3 Å². The third-order valence-corrected chi connectivity index (χ3v) is 23.2. The van der Waals surface area contributed by atoms with Crippen LogP contribution in [0.2, 0.25) is 0 Å². The molecule has 0 unspecified atom stereocenters. The number of fused-ring (bicyclic) bond motifs is 7. The van der Waals surface area contributed by atoms with Crippen LogP contribution in [0.25, 0.3) is 0 Å². The fraction of sp³-hybridized carbons (Fsp3) is 0.830. The van der Waals surface area contributed by atoms with Crippen LogP contribution in [0.3, 0.4) is 0 Å². The van der Waals surface area contributed by atoms with E-state index in [-0.39, 0.29) is 81.2 Å². The number of esters is 3. The lowest BCUT2D eigenvalue weighted by Crippen LogP contribution is -2.69. The van der Waals surface area contributed by atoms with Gasteiger partial charge in [0.15, 0.2) is 9.84 Å². The molecule has 1 N–H and O–H groups in total. The lowest BCUT2D eigenvalue weighted by Gasteiger charge is -2.73. The zero-order chi connectivity index (χ0) is 45.9. The van der Waals surface area contributed by atoms with E-state index in [4.69, 9.17) is 14.2 Å². The Labute approximate surface area is 384 Å². The van der Waals surface area contributed by atoms with Gasteiger partial charge in [-0.2, -0.15) is 0 Å². The summed E-state index contributed by atoms with van der Waals surface area (Å²) in [7, 11) is -1.62. The van der Waals surface area contributed by atoms with Crippen LogP contribution in [0.5, 0.6) is 0 Å². The second-order valence-electron chi connectivity index (χ2n) is 24.8. The molecule has 11 heteroatoms. The van der Waals surface area contributed by atoms with E-state index in [0.717, 1.165) is 37.7 Å². The Hall–Kier alpha value is -2.50. The highest BCUT2D eigenvalue weighted by Gasteiger charge is 2.72. The molecule has 64 heavy (non-hydrogen) atoms. The molecule has 1 aromatic carbocycles. The SMILES string of the molecule is COC(=O)[C@@H](CN[C@]12CC[C@@H](C3(C)CC3)[C@@H]1[C@H]1CC[C@@H]3[C@@]4(C)CC[C@H](OC(=O)[C@H]5C[C@@H](C(=O)OCc6ccccc6)C5(C)C)C(C)(C)[C@@H]4CC[C@@]3(C)[C@]1(C)CC2)N1CCS(=O)(=O)CC1. The van der Waals surface area contributed by atoms with E-state index in [2.05, 4.69) is 46.9 Å². The van der Waals surface area contributed by atoms with E-state index in [9.17, 15) is 22.8 Å². The molecule has 356 valence electrons. The van der Waals surface area contributed by atoms with Crippen molar-refractivity contribution in [1.29, 1.82) is 0 Å². The van der Waals surface area contributed by atoms with Gasteiger partial charge in [0.05, 0.1) is 30.5 Å². The largest absolute Gasteiger partial charge is 0.468 e. The van der Waals surface area contributed by atoms with Crippen LogP contribution in [0.4, 0.5) is 0 Å². The molecule has 8 fully saturated rings. The molecule has 7 aliphatic carbocycles. The van der Waals surface area contributed by atoms with Gasteiger partial charge in [0.2, 0.25) is 0 Å². The first-order chi connectivity index (χ1) is 30.1. The van der Waals surface area contributed by atoms with Gasteiger partial charge < -0.3 is 19.5 Å². The van der Waals surface area contributed by atoms with Gasteiger partial charge in [-0.1, -0.05) is 85.7 Å². The number of hydrogen-bond donors (Lipinski definition) is 1. The monoisotopic (exact) mass is 905 g/mol. The van der Waals surface area contributed by atoms with Crippen molar-refractivity contribution in [2.24, 2.45) is 73.9 Å². The van der Waals surface area contributed by atoms with Crippen molar-refractivity contribution in [3.63, 3.8) is 0 Å². The molecule has 1 saturated heterocycles. The van der Waals surface area contributed by atoms with Gasteiger partial charge in [-0.15, -0.1) is 0 Å². The Bertz CT molecular complexity index is 2070. The maximum atomic E-state index is 14.1. The van der Waals surface area contributed by atoms with Gasteiger partial charge in [-0.05, 0) is 146 Å². The molecule has 0 bridgehead atoms. The predicted molar refractivity (Wildman–Crippen MR) is 247 cm³/mol. The summed E-state index contributed by atoms with van der Waals surface area (Å²) in [5.74, 6) is 1.69. The highest BCUT2D eigenvalue weighted by atomic mass is 32.2. The summed E-state index contributed by atoms with van der Waals surface area (Å²) < 4.78 is 42.4. The topological polar surface area (TPSA) is 128 Å². The molecule has 10 nitrogen and oxygen atoms in total. The molecule has 0 radical (unpaired) electrons. The third-order valence-electron chi connectivity index (χ3n) is 21.6. The Kier molecular flexibility index (Phi) is 11.7. The minimum Gasteiger partial charge on any atom is -0.468 e. The van der Waals surface area contributed by atoms with E-state index in [1.54, 1.807) is 0 Å². The molecular weight excluding hydrogens is 825 g/mol. The Morgan fingerprint density at radius 3 is 2.08 bits per heavy atom. The molecule has 13 atom stereocenters. The number of nitrogens with zero attached hydrogens (tertiary/aromatic N) is 1. The number of methoxy groups -OCH3 is 1. The van der Waals surface area contributed by atoms with Crippen molar-refractivity contribution >= 4 is 27.7 Å². The molecule has 1 aliphatic heterocycles. The van der Waals surface area contributed by atoms with Crippen LogP contribution in [-0.2, 0) is 45.0 Å². The fourth-order valence-corrected chi connectivity index (χ4v) is 18.3. The number of benzene rings is 1. The van der Waals surface area contributed by atoms with Crippen LogP contribution in [-0.4, -0.2) is 87.2 Å². The number of sulfone groups is 1. The molecular formula is C53H80N2O8S. The van der Waals surface area contributed by atoms with Crippen molar-refractivity contribution in [3.8, 4) is 0 Å². The first-order valence-electron chi connectivity index (χ1n) is 25.2. The van der Waals surface area contributed by atoms with E-state index >= 15 is 0 Å². The average Bonchev–Trinajstić information content (AvgIpc) is 3.87. The lowest BCUT2D eigenvalue weighted by molar-refractivity contribution is -0.250. The highest BCUT2D eigenvalue weighted by Crippen LogP contribution is 2.78. The fourth-order valence-electron chi connectivity index (χ4n) is 17.0. The molecule has 0 spiro atoms. The Morgan fingerprint density at radius 1 is 0.734 bits per heavy atom. The quantitative estimate of drug-likeness (QED) is 0.170. The number of ether oxygens (including phenoxy) is 3. The van der Waals surface area contributed by atoms with Gasteiger partial charge in [0.1, 0.15) is 18.8 Å². The van der Waals surface area contributed by atoms with Gasteiger partial charge in [0, 0.05) is 30.6 Å². The second-order valence-corrected chi connectivity index (χ2v) is 27.1. The normalized spacial score (nSPS) is 42.8. The molecule has 8 aliphatic rings. The standard InChI is InChI=1S/C53H80N2O8S/c1-47(2)37(44(56)62-33-34-13-11-10-12-14-34)31-38(47)45(57)63-42-19-20-50(6)40(48(42,3)4)18-21-52(8)41(50)16-15-36-43-35(49(5)23-24-49)17-22-53(43,26-25-51(36,52)7)54-32-39(46(58)61-9)55-27-29-64(59,60)30-28-55/h10-14,35-43,54H,15-33H2,1-9H3/t35-,36-,37+,38-,39-,40+,41-,42+,43-,50+,51-,52-,53+/m1/s1. The molecule has 9 rings (SSSR count). The summed E-state index contributed by atoms with van der Waals surface area (Å²) in [6, 6.07) is 9.25. The molecule has 0 amide bonds. The first-order valence-corrected chi connectivity index (χ1v) is 27.1. The second kappa shape index (κ2) is 16.1. The van der Waals surface area contributed by atoms with Crippen LogP contribution >= 0.6 is 0 Å². The van der Waals surface area contributed by atoms with Gasteiger partial charge in [0.25, 0.3) is 0 Å². The van der Waals surface area contributed by atoms with Crippen LogP contribution < -0.4 is 5.32 Å². The highest BCUT2D eigenvalue weighted by molar-refractivity contribution is 7.91. The smallest absolute Gasteiger partial charge is 0.324 e. The van der Waals surface area contributed by atoms with Crippen molar-refractivity contribution < 1.29 is 37.0 Å². The van der Waals surface area contributed by atoms with Crippen LogP contribution in [0, 0.1) is 73.9 Å². The van der Waals surface area contributed by atoms with Crippen molar-refractivity contribution in [2.75, 3.05) is 38.2 Å². The van der Waals surface area contributed by atoms with Crippen molar-refractivity contribution in [3.05, 3.63) is 35.9 Å². The summed E-state index contributed by atoms with van der Waals surface area (Å²) in [5.41, 5.74) is 1.09. The van der Waals surface area contributed by atoms with Gasteiger partial charge in [-0.25, -0.2) is 8.42 Å². The minimum atomic E-state index is -3.08. The third kappa shape index (κ3) is 7.35. The van der Waals surface area contributed by atoms with E-state index in [1.165, 1.54) is 52.1 Å². The Morgan fingerprint density at radius 2 is 1.42 bits per heavy atom. The van der Waals surface area contributed by atoms with E-state index < -0.39 is 21.3 Å². The average molecular weight is 905 g/mol. The van der Waals surface area contributed by atoms with Crippen molar-refractivity contribution in [1.82, 2.24) is 10.2 Å². The Balaban J connectivity index is 0.896. The zero-order valence-corrected chi connectivity index (χ0v) is 41.5. The maximum absolute atomic E-state index is 14.1. The van der Waals surface area contributed by atoms with Gasteiger partial charge >= 0.3 is 17.9 Å². The first kappa shape index (κ1) is 46.6. The summed E-state index contributed by atoms with van der Waals surface area (Å²) in [6.45, 7) is 20.8. The maximum Gasteiger partial charge on any atom is 0.324 e. The van der Waals surface area contributed by atoms with Crippen molar-refractivity contribution in [2.45, 2.75) is 163 Å². The molecule has 7 saturated carbocycles. The number of hydrogen-bond acceptors (Lipinski definition) is 10. The number of nitrogens with one attached hydrogen (secondary N) is 1. The van der Waals surface area contributed by atoms with E-state index in [0.29, 0.717) is 61.1 Å². The predicted octanol–water partition coefficient (Wildman–Crippen LogP) is 8.80. The lowest BCUT2D eigenvalue weighted by atomic mass is 9.32. The molecule has 1 heterocycles. The molecule has 0 aromatic heterocycles. The number of carbonyl (C=O) groups is 3. The van der Waals surface area contributed by atoms with E-state index in [1.807, 2.05) is 49.1 Å². The summed E-state index contributed by atoms with van der Waals surface area (Å²) in [4.78, 5) is 42.7. The summed E-state index contributed by atoms with van der Waals surface area (Å²) in [5, 5.41) is 4.16. The summed E-state index contributed by atoms with van der Waals surface area (Å²) >= 11 is 0. The number of rotatable bonds is 11. The minimum absolute atomic E-state index is 0.0414. The molecule has 1 aromatic rings. The summed E-state index contributed by atoms with van der Waals surface area (Å²) in [6.07, 6.45) is 14.3. The number of carbonyl (C=O) groups excluding carboxylic acids is 3.